The molecule has 2 atom stereocenters. The maximum Gasteiger partial charge on any atom is 0.331 e. The van der Waals surface area contributed by atoms with Crippen molar-refractivity contribution in [2.24, 2.45) is 5.41 Å². The number of hydrogen-bond donors (Lipinski definition) is 1. The lowest BCUT2D eigenvalue weighted by atomic mass is 9.89. The Morgan fingerprint density at radius 1 is 1.04 bits per heavy atom. The Morgan fingerprint density at radius 2 is 1.50 bits per heavy atom. The lowest BCUT2D eigenvalue weighted by molar-refractivity contribution is -0.145. The summed E-state index contributed by atoms with van der Waals surface area (Å²) < 4.78 is 6.56. The van der Waals surface area contributed by atoms with Crippen LogP contribution in [0.4, 0.5) is 0 Å². The summed E-state index contributed by atoms with van der Waals surface area (Å²) in [5, 5.41) is 12.0. The molecule has 0 fully saturated rings. The van der Waals surface area contributed by atoms with Crippen LogP contribution in [0, 0.1) is 5.41 Å². The van der Waals surface area contributed by atoms with Gasteiger partial charge >= 0.3 is 5.97 Å². The predicted molar refractivity (Wildman–Crippen MR) is 118 cm³/mol. The van der Waals surface area contributed by atoms with Crippen LogP contribution in [0.3, 0.4) is 0 Å². The zero-order valence-electron chi connectivity index (χ0n) is 15.6. The minimum absolute atomic E-state index is 0.171. The fourth-order valence-corrected chi connectivity index (χ4v) is 7.15. The van der Waals surface area contributed by atoms with Gasteiger partial charge in [0.25, 0.3) is 0 Å². The van der Waals surface area contributed by atoms with E-state index in [2.05, 4.69) is 43.4 Å². The molecule has 1 unspecified atom stereocenters. The number of carboxylic acid groups (broad SMARTS) is 1. The van der Waals surface area contributed by atoms with Crippen molar-refractivity contribution < 1.29 is 14.3 Å². The van der Waals surface area contributed by atoms with E-state index in [1.54, 1.807) is 0 Å². The second-order valence-electron chi connectivity index (χ2n) is 7.76. The van der Waals surface area contributed by atoms with Gasteiger partial charge in [-0.15, -0.1) is 0 Å². The van der Waals surface area contributed by atoms with Crippen molar-refractivity contribution in [1.82, 2.24) is 0 Å². The molecule has 140 valence electrons. The summed E-state index contributed by atoms with van der Waals surface area (Å²) in [7, 11) is -2.06. The van der Waals surface area contributed by atoms with Crippen molar-refractivity contribution in [3.63, 3.8) is 0 Å². The second-order valence-corrected chi connectivity index (χ2v) is 11.9. The number of rotatable bonds is 8. The van der Waals surface area contributed by atoms with Gasteiger partial charge in [0.15, 0.2) is 0 Å². The van der Waals surface area contributed by atoms with Crippen LogP contribution in [0.5, 0.6) is 0 Å². The third-order valence-electron chi connectivity index (χ3n) is 4.08. The summed E-state index contributed by atoms with van der Waals surface area (Å²) in [4.78, 5) is 11.9. The molecule has 0 amide bonds. The number of carbonyl (C=O) groups is 1. The highest BCUT2D eigenvalue weighted by Crippen LogP contribution is 2.28. The van der Waals surface area contributed by atoms with Crippen molar-refractivity contribution >= 4 is 48.0 Å². The highest BCUT2D eigenvalue weighted by atomic mass is 127. The maximum absolute atomic E-state index is 11.9. The Kier molecular flexibility index (Phi) is 7.85. The number of carboxylic acids is 1. The van der Waals surface area contributed by atoms with Crippen LogP contribution in [0.2, 0.25) is 0 Å². The maximum atomic E-state index is 11.9. The van der Waals surface area contributed by atoms with E-state index >= 15 is 0 Å². The molecule has 2 aromatic carbocycles. The molecular formula is C21H27IO3Si. The standard InChI is InChI=1S/C21H27IO3Si/c1-21(2,3)15-16(22)14-19(20(23)24)25-26(17-10-6-4-7-11-17)18-12-8-5-9-13-18/h4-13,16,19,26H,14-15H2,1-3H3,(H,23,24)/t16-,19?/m0/s1. The Balaban J connectivity index is 2.22. The highest BCUT2D eigenvalue weighted by molar-refractivity contribution is 14.1. The van der Waals surface area contributed by atoms with E-state index in [1.165, 1.54) is 0 Å². The van der Waals surface area contributed by atoms with Crippen LogP contribution in [-0.2, 0) is 9.22 Å². The molecule has 0 bridgehead atoms. The monoisotopic (exact) mass is 482 g/mol. The summed E-state index contributed by atoms with van der Waals surface area (Å²) >= 11 is 2.36. The zero-order chi connectivity index (χ0) is 19.2. The van der Waals surface area contributed by atoms with Crippen LogP contribution in [0.25, 0.3) is 0 Å². The van der Waals surface area contributed by atoms with Crippen LogP contribution in [0.15, 0.2) is 60.7 Å². The molecular weight excluding hydrogens is 455 g/mol. The summed E-state index contributed by atoms with van der Waals surface area (Å²) in [5.41, 5.74) is 0.171. The fourth-order valence-electron chi connectivity index (χ4n) is 2.96. The van der Waals surface area contributed by atoms with Crippen molar-refractivity contribution in [3.05, 3.63) is 60.7 Å². The van der Waals surface area contributed by atoms with Crippen molar-refractivity contribution in [3.8, 4) is 0 Å². The summed E-state index contributed by atoms with van der Waals surface area (Å²) in [5.74, 6) is -0.870. The molecule has 0 heterocycles. The number of hydrogen-bond acceptors (Lipinski definition) is 2. The SMILES string of the molecule is CC(C)(C)C[C@@H](I)CC(O[SiH](c1ccccc1)c1ccccc1)C(=O)O. The first-order chi connectivity index (χ1) is 12.3. The van der Waals surface area contributed by atoms with E-state index in [0.717, 1.165) is 16.8 Å². The zero-order valence-corrected chi connectivity index (χ0v) is 18.9. The van der Waals surface area contributed by atoms with Gasteiger partial charge in [-0.1, -0.05) is 104 Å². The molecule has 0 aromatic heterocycles. The van der Waals surface area contributed by atoms with Crippen molar-refractivity contribution in [2.45, 2.75) is 43.6 Å². The van der Waals surface area contributed by atoms with Gasteiger partial charge in [0.2, 0.25) is 9.04 Å². The molecule has 2 aromatic rings. The molecule has 0 saturated carbocycles. The third-order valence-corrected chi connectivity index (χ3v) is 7.61. The van der Waals surface area contributed by atoms with E-state index in [9.17, 15) is 9.90 Å². The molecule has 3 nitrogen and oxygen atoms in total. The molecule has 0 spiro atoms. The van der Waals surface area contributed by atoms with Crippen LogP contribution in [0.1, 0.15) is 33.6 Å². The fraction of sp³-hybridized carbons (Fsp3) is 0.381. The minimum atomic E-state index is -2.06. The number of aliphatic carboxylic acids is 1. The first-order valence-electron chi connectivity index (χ1n) is 8.88. The molecule has 5 heteroatoms. The molecule has 0 aliphatic carbocycles. The van der Waals surface area contributed by atoms with Crippen LogP contribution < -0.4 is 10.4 Å². The van der Waals surface area contributed by atoms with E-state index in [-0.39, 0.29) is 9.34 Å². The molecule has 26 heavy (non-hydrogen) atoms. The topological polar surface area (TPSA) is 46.5 Å². The smallest absolute Gasteiger partial charge is 0.331 e. The second kappa shape index (κ2) is 9.67. The van der Waals surface area contributed by atoms with Gasteiger partial charge < -0.3 is 9.53 Å². The largest absolute Gasteiger partial charge is 0.479 e. The predicted octanol–water partition coefficient (Wildman–Crippen LogP) is 3.62. The van der Waals surface area contributed by atoms with Gasteiger partial charge in [0.05, 0.1) is 0 Å². The van der Waals surface area contributed by atoms with Crippen LogP contribution in [-0.4, -0.2) is 30.1 Å². The van der Waals surface area contributed by atoms with Gasteiger partial charge in [-0.05, 0) is 28.6 Å². The van der Waals surface area contributed by atoms with Gasteiger partial charge in [-0.25, -0.2) is 4.79 Å². The first-order valence-corrected chi connectivity index (χ1v) is 11.8. The number of halogens is 1. The summed E-state index contributed by atoms with van der Waals surface area (Å²) in [6.45, 7) is 6.54. The van der Waals surface area contributed by atoms with Gasteiger partial charge in [-0.2, -0.15) is 0 Å². The van der Waals surface area contributed by atoms with Gasteiger partial charge in [0.1, 0.15) is 6.10 Å². The average Bonchev–Trinajstić information content (AvgIpc) is 2.58. The number of alkyl halides is 1. The lowest BCUT2D eigenvalue weighted by Crippen LogP contribution is -2.49. The van der Waals surface area contributed by atoms with E-state index in [4.69, 9.17) is 4.43 Å². The molecule has 1 N–H and O–H groups in total. The first kappa shape index (κ1) is 21.1. The van der Waals surface area contributed by atoms with Crippen LogP contribution >= 0.6 is 22.6 Å². The normalized spacial score (nSPS) is 14.2. The van der Waals surface area contributed by atoms with E-state index in [1.807, 2.05) is 60.7 Å². The Labute approximate surface area is 171 Å². The van der Waals surface area contributed by atoms with Gasteiger partial charge in [0, 0.05) is 3.92 Å². The summed E-state index contributed by atoms with van der Waals surface area (Å²) in [6, 6.07) is 20.0. The third kappa shape index (κ3) is 6.85. The van der Waals surface area contributed by atoms with Crippen molar-refractivity contribution in [2.75, 3.05) is 0 Å². The molecule has 0 aliphatic rings. The lowest BCUT2D eigenvalue weighted by Gasteiger charge is -2.27. The minimum Gasteiger partial charge on any atom is -0.479 e. The molecule has 0 saturated heterocycles. The Morgan fingerprint density at radius 3 is 1.88 bits per heavy atom. The van der Waals surface area contributed by atoms with Crippen molar-refractivity contribution in [1.29, 1.82) is 0 Å². The molecule has 0 radical (unpaired) electrons. The Bertz CT molecular complexity index is 646. The van der Waals surface area contributed by atoms with Gasteiger partial charge in [-0.3, -0.25) is 0 Å². The Hall–Kier alpha value is -1.18. The van der Waals surface area contributed by atoms with E-state index < -0.39 is 21.1 Å². The quantitative estimate of drug-likeness (QED) is 0.355. The molecule has 0 aliphatic heterocycles. The molecule has 2 rings (SSSR count). The summed E-state index contributed by atoms with van der Waals surface area (Å²) in [6.07, 6.45) is 0.705. The van der Waals surface area contributed by atoms with E-state index in [0.29, 0.717) is 6.42 Å². The average molecular weight is 482 g/mol. The number of benzene rings is 2. The highest BCUT2D eigenvalue weighted by Gasteiger charge is 2.29.